The summed E-state index contributed by atoms with van der Waals surface area (Å²) in [5.41, 5.74) is 4.43. The molecule has 9 heteroatoms. The van der Waals surface area contributed by atoms with E-state index in [0.717, 1.165) is 22.3 Å². The van der Waals surface area contributed by atoms with Crippen molar-refractivity contribution >= 4 is 23.9 Å². The van der Waals surface area contributed by atoms with E-state index in [2.05, 4.69) is 28.1 Å². The zero-order valence-corrected chi connectivity index (χ0v) is 19.9. The molecule has 1 aliphatic rings. The Hall–Kier alpha value is -3.88. The quantitative estimate of drug-likeness (QED) is 0.365. The molecule has 3 amide bonds. The van der Waals surface area contributed by atoms with Crippen LogP contribution in [0.2, 0.25) is 0 Å². The standard InChI is InChI=1S/C26H31N3O6/c1-16(2)24(25(33)28-14-22(30)27-13-7-12-23(31)32)29-26(34)35-15-21-19-10-5-3-8-17(19)18-9-4-6-11-20(18)21/h3-6,8-11,16,21,24H,7,12-15H2,1-2H3,(H,27,30)(H,28,33)(H,29,34)(H,31,32)/t24-/m0/s1. The van der Waals surface area contributed by atoms with Crippen molar-refractivity contribution in [2.45, 2.75) is 38.6 Å². The summed E-state index contributed by atoms with van der Waals surface area (Å²) < 4.78 is 5.52. The number of carboxylic acids is 1. The summed E-state index contributed by atoms with van der Waals surface area (Å²) in [5, 5.41) is 16.3. The minimum absolute atomic E-state index is 0.0495. The van der Waals surface area contributed by atoms with Gasteiger partial charge in [-0.2, -0.15) is 0 Å². The second-order valence-corrected chi connectivity index (χ2v) is 8.76. The maximum Gasteiger partial charge on any atom is 0.407 e. The predicted octanol–water partition coefficient (Wildman–Crippen LogP) is 2.65. The molecule has 2 aromatic carbocycles. The summed E-state index contributed by atoms with van der Waals surface area (Å²) in [6.07, 6.45) is -0.460. The summed E-state index contributed by atoms with van der Waals surface area (Å²) in [4.78, 5) is 47.5. The third-order valence-corrected chi connectivity index (χ3v) is 5.88. The largest absolute Gasteiger partial charge is 0.481 e. The first-order valence-corrected chi connectivity index (χ1v) is 11.7. The lowest BCUT2D eigenvalue weighted by atomic mass is 9.98. The van der Waals surface area contributed by atoms with E-state index in [-0.39, 0.29) is 38.0 Å². The number of amides is 3. The van der Waals surface area contributed by atoms with E-state index in [0.29, 0.717) is 6.42 Å². The van der Waals surface area contributed by atoms with Gasteiger partial charge < -0.3 is 25.8 Å². The highest BCUT2D eigenvalue weighted by Crippen LogP contribution is 2.44. The van der Waals surface area contributed by atoms with Gasteiger partial charge in [0.1, 0.15) is 12.6 Å². The fraction of sp³-hybridized carbons (Fsp3) is 0.385. The van der Waals surface area contributed by atoms with E-state index in [1.807, 2.05) is 36.4 Å². The number of fused-ring (bicyclic) bond motifs is 3. The van der Waals surface area contributed by atoms with Crippen LogP contribution in [0.3, 0.4) is 0 Å². The van der Waals surface area contributed by atoms with Crippen molar-refractivity contribution in [3.8, 4) is 11.1 Å². The second-order valence-electron chi connectivity index (χ2n) is 8.76. The third kappa shape index (κ3) is 6.81. The van der Waals surface area contributed by atoms with Crippen molar-refractivity contribution in [2.75, 3.05) is 19.7 Å². The summed E-state index contributed by atoms with van der Waals surface area (Å²) >= 11 is 0. The molecule has 1 atom stereocenters. The molecule has 35 heavy (non-hydrogen) atoms. The average molecular weight is 482 g/mol. The number of rotatable bonds is 11. The molecule has 0 saturated carbocycles. The van der Waals surface area contributed by atoms with Crippen LogP contribution >= 0.6 is 0 Å². The van der Waals surface area contributed by atoms with Gasteiger partial charge in [-0.3, -0.25) is 14.4 Å². The van der Waals surface area contributed by atoms with Crippen LogP contribution in [0, 0.1) is 5.92 Å². The van der Waals surface area contributed by atoms with Crippen LogP contribution in [0.15, 0.2) is 48.5 Å². The van der Waals surface area contributed by atoms with Gasteiger partial charge in [0.15, 0.2) is 0 Å². The highest BCUT2D eigenvalue weighted by atomic mass is 16.5. The molecule has 3 rings (SSSR count). The van der Waals surface area contributed by atoms with Gasteiger partial charge in [-0.1, -0.05) is 62.4 Å². The van der Waals surface area contributed by atoms with Gasteiger partial charge in [-0.05, 0) is 34.6 Å². The Morgan fingerprint density at radius 1 is 0.943 bits per heavy atom. The van der Waals surface area contributed by atoms with Gasteiger partial charge in [-0.15, -0.1) is 0 Å². The zero-order chi connectivity index (χ0) is 25.4. The fourth-order valence-corrected chi connectivity index (χ4v) is 4.11. The van der Waals surface area contributed by atoms with Crippen molar-refractivity contribution in [3.05, 3.63) is 59.7 Å². The van der Waals surface area contributed by atoms with Crippen molar-refractivity contribution in [1.82, 2.24) is 16.0 Å². The number of benzene rings is 2. The molecule has 0 aliphatic heterocycles. The van der Waals surface area contributed by atoms with E-state index in [1.54, 1.807) is 13.8 Å². The molecule has 9 nitrogen and oxygen atoms in total. The Kier molecular flexibility index (Phi) is 8.83. The lowest BCUT2D eigenvalue weighted by molar-refractivity contribution is -0.137. The zero-order valence-electron chi connectivity index (χ0n) is 19.9. The van der Waals surface area contributed by atoms with Crippen LogP contribution in [0.1, 0.15) is 43.7 Å². The molecule has 0 radical (unpaired) electrons. The normalized spacial score (nSPS) is 12.9. The van der Waals surface area contributed by atoms with Gasteiger partial charge in [0.05, 0.1) is 6.54 Å². The first-order chi connectivity index (χ1) is 16.8. The lowest BCUT2D eigenvalue weighted by Gasteiger charge is -2.22. The number of nitrogens with one attached hydrogen (secondary N) is 3. The van der Waals surface area contributed by atoms with Gasteiger partial charge in [0.2, 0.25) is 11.8 Å². The number of ether oxygens (including phenoxy) is 1. The number of carbonyl (C=O) groups is 4. The van der Waals surface area contributed by atoms with E-state index in [1.165, 1.54) is 0 Å². The molecule has 0 fully saturated rings. The van der Waals surface area contributed by atoms with Gasteiger partial charge in [0.25, 0.3) is 0 Å². The van der Waals surface area contributed by atoms with E-state index >= 15 is 0 Å². The smallest absolute Gasteiger partial charge is 0.407 e. The summed E-state index contributed by atoms with van der Waals surface area (Å²) in [6, 6.07) is 15.1. The Balaban J connectivity index is 1.51. The Labute approximate surface area is 204 Å². The van der Waals surface area contributed by atoms with Crippen LogP contribution in [-0.2, 0) is 19.1 Å². The van der Waals surface area contributed by atoms with Crippen molar-refractivity contribution < 1.29 is 29.0 Å². The summed E-state index contributed by atoms with van der Waals surface area (Å²) in [7, 11) is 0. The number of hydrogen-bond acceptors (Lipinski definition) is 5. The molecule has 0 aromatic heterocycles. The molecule has 4 N–H and O–H groups in total. The molecule has 186 valence electrons. The minimum Gasteiger partial charge on any atom is -0.481 e. The molecule has 0 heterocycles. The van der Waals surface area contributed by atoms with Crippen LogP contribution in [0.25, 0.3) is 11.1 Å². The van der Waals surface area contributed by atoms with Crippen molar-refractivity contribution in [1.29, 1.82) is 0 Å². The van der Waals surface area contributed by atoms with Crippen LogP contribution in [-0.4, -0.2) is 54.7 Å². The molecule has 1 aliphatic carbocycles. The molecule has 0 spiro atoms. The third-order valence-electron chi connectivity index (χ3n) is 5.88. The number of aliphatic carboxylic acids is 1. The Morgan fingerprint density at radius 2 is 1.54 bits per heavy atom. The van der Waals surface area contributed by atoms with Crippen molar-refractivity contribution in [2.24, 2.45) is 5.92 Å². The van der Waals surface area contributed by atoms with Gasteiger partial charge in [-0.25, -0.2) is 4.79 Å². The molecule has 0 unspecified atom stereocenters. The van der Waals surface area contributed by atoms with Crippen LogP contribution < -0.4 is 16.0 Å². The molecular formula is C26H31N3O6. The summed E-state index contributed by atoms with van der Waals surface area (Å²) in [5.74, 6) is -2.22. The highest BCUT2D eigenvalue weighted by molar-refractivity contribution is 5.89. The predicted molar refractivity (Wildman–Crippen MR) is 130 cm³/mol. The van der Waals surface area contributed by atoms with E-state index in [9.17, 15) is 19.2 Å². The van der Waals surface area contributed by atoms with Gasteiger partial charge >= 0.3 is 12.1 Å². The summed E-state index contributed by atoms with van der Waals surface area (Å²) in [6.45, 7) is 3.61. The van der Waals surface area contributed by atoms with E-state index in [4.69, 9.17) is 9.84 Å². The second kappa shape index (κ2) is 12.0. The van der Waals surface area contributed by atoms with E-state index < -0.39 is 29.9 Å². The van der Waals surface area contributed by atoms with Crippen molar-refractivity contribution in [3.63, 3.8) is 0 Å². The maximum atomic E-state index is 12.6. The Bertz CT molecular complexity index is 1040. The average Bonchev–Trinajstić information content (AvgIpc) is 3.16. The van der Waals surface area contributed by atoms with Crippen LogP contribution in [0.5, 0.6) is 0 Å². The molecular weight excluding hydrogens is 450 g/mol. The van der Waals surface area contributed by atoms with Crippen LogP contribution in [0.4, 0.5) is 4.79 Å². The molecule has 0 saturated heterocycles. The lowest BCUT2D eigenvalue weighted by Crippen LogP contribution is -2.51. The number of carbonyl (C=O) groups excluding carboxylic acids is 3. The SMILES string of the molecule is CC(C)[C@H](NC(=O)OCC1c2ccccc2-c2ccccc21)C(=O)NCC(=O)NCCCC(=O)O. The molecule has 0 bridgehead atoms. The topological polar surface area (TPSA) is 134 Å². The Morgan fingerprint density at radius 3 is 2.11 bits per heavy atom. The first kappa shape index (κ1) is 25.7. The fourth-order valence-electron chi connectivity index (χ4n) is 4.11. The highest BCUT2D eigenvalue weighted by Gasteiger charge is 2.30. The minimum atomic E-state index is -0.938. The van der Waals surface area contributed by atoms with Gasteiger partial charge in [0, 0.05) is 18.9 Å². The maximum absolute atomic E-state index is 12.6. The number of carboxylic acid groups (broad SMARTS) is 1. The first-order valence-electron chi connectivity index (χ1n) is 11.7. The monoisotopic (exact) mass is 481 g/mol. The molecule has 2 aromatic rings. The number of hydrogen-bond donors (Lipinski definition) is 4. The number of alkyl carbamates (subject to hydrolysis) is 1.